The minimum Gasteiger partial charge on any atom is -0.462 e. The van der Waals surface area contributed by atoms with Crippen molar-refractivity contribution in [1.82, 2.24) is 0 Å². The molecule has 0 heterocycles. The van der Waals surface area contributed by atoms with E-state index < -0.39 is 11.9 Å². The zero-order valence-corrected chi connectivity index (χ0v) is 18.5. The number of aliphatic hydroxyl groups is 2. The van der Waals surface area contributed by atoms with E-state index in [0.717, 1.165) is 38.5 Å². The van der Waals surface area contributed by atoms with Crippen LogP contribution in [-0.2, 0) is 9.47 Å². The third kappa shape index (κ3) is 11.3. The number of hydrogen-bond acceptors (Lipinski definition) is 6. The number of carbonyl (C=O) groups excluding carboxylic acids is 2. The fourth-order valence-corrected chi connectivity index (χ4v) is 3.04. The molecule has 6 heteroatoms. The minimum atomic E-state index is -0.445. The molecule has 2 N–H and O–H groups in total. The van der Waals surface area contributed by atoms with Gasteiger partial charge in [-0.3, -0.25) is 0 Å². The predicted molar refractivity (Wildman–Crippen MR) is 117 cm³/mol. The molecule has 0 saturated heterocycles. The number of benzene rings is 1. The van der Waals surface area contributed by atoms with Crippen LogP contribution >= 0.6 is 0 Å². The second-order valence-corrected chi connectivity index (χ2v) is 7.73. The summed E-state index contributed by atoms with van der Waals surface area (Å²) in [5, 5.41) is 19.6. The van der Waals surface area contributed by atoms with E-state index in [1.165, 1.54) is 0 Å². The van der Waals surface area contributed by atoms with E-state index in [9.17, 15) is 19.8 Å². The Balaban J connectivity index is 2.27. The third-order valence-electron chi connectivity index (χ3n) is 4.97. The molecule has 0 radical (unpaired) electrons. The summed E-state index contributed by atoms with van der Waals surface area (Å²) in [7, 11) is 0. The molecule has 2 atom stereocenters. The zero-order chi connectivity index (χ0) is 22.2. The van der Waals surface area contributed by atoms with Crippen LogP contribution in [0.2, 0.25) is 0 Å². The normalized spacial score (nSPS) is 12.9. The predicted octanol–water partition coefficient (Wildman–Crippen LogP) is 4.66. The molecule has 0 fully saturated rings. The SMILES string of the molecule is CCCCC(O)CCCOC(=O)c1ccc(C(=O)OCCCC(O)CCCC)cc1. The van der Waals surface area contributed by atoms with Gasteiger partial charge in [0.05, 0.1) is 36.5 Å². The molecule has 1 rings (SSSR count). The van der Waals surface area contributed by atoms with E-state index in [0.29, 0.717) is 36.8 Å². The Morgan fingerprint density at radius 1 is 0.700 bits per heavy atom. The van der Waals surface area contributed by atoms with Crippen LogP contribution in [0.25, 0.3) is 0 Å². The number of esters is 2. The molecule has 0 saturated carbocycles. The van der Waals surface area contributed by atoms with Gasteiger partial charge in [-0.15, -0.1) is 0 Å². The smallest absolute Gasteiger partial charge is 0.338 e. The molecule has 1 aromatic rings. The van der Waals surface area contributed by atoms with E-state index >= 15 is 0 Å². The molecule has 170 valence electrons. The van der Waals surface area contributed by atoms with E-state index in [4.69, 9.17) is 9.47 Å². The summed E-state index contributed by atoms with van der Waals surface area (Å²) in [6.07, 6.45) is 7.46. The molecule has 1 aromatic carbocycles. The number of ether oxygens (including phenoxy) is 2. The Morgan fingerprint density at radius 3 is 1.37 bits per heavy atom. The van der Waals surface area contributed by atoms with Gasteiger partial charge >= 0.3 is 11.9 Å². The van der Waals surface area contributed by atoms with Crippen LogP contribution in [0.4, 0.5) is 0 Å². The fraction of sp³-hybridized carbons (Fsp3) is 0.667. The maximum atomic E-state index is 12.1. The van der Waals surface area contributed by atoms with Gasteiger partial charge in [0.1, 0.15) is 0 Å². The van der Waals surface area contributed by atoms with Crippen LogP contribution in [0.1, 0.15) is 98.8 Å². The zero-order valence-electron chi connectivity index (χ0n) is 18.5. The summed E-state index contributed by atoms with van der Waals surface area (Å²) in [5.41, 5.74) is 0.745. The maximum Gasteiger partial charge on any atom is 0.338 e. The molecule has 2 unspecified atom stereocenters. The van der Waals surface area contributed by atoms with Crippen molar-refractivity contribution in [2.45, 2.75) is 90.3 Å². The summed E-state index contributed by atoms with van der Waals surface area (Å²) in [6.45, 7) is 4.69. The largest absolute Gasteiger partial charge is 0.462 e. The Kier molecular flexibility index (Phi) is 13.8. The van der Waals surface area contributed by atoms with Gasteiger partial charge in [-0.2, -0.15) is 0 Å². The molecule has 0 amide bonds. The van der Waals surface area contributed by atoms with Crippen LogP contribution in [0.15, 0.2) is 24.3 Å². The second kappa shape index (κ2) is 15.9. The topological polar surface area (TPSA) is 93.1 Å². The van der Waals surface area contributed by atoms with E-state index in [1.54, 1.807) is 24.3 Å². The molecule has 0 bridgehead atoms. The third-order valence-corrected chi connectivity index (χ3v) is 4.97. The van der Waals surface area contributed by atoms with Crippen molar-refractivity contribution in [3.63, 3.8) is 0 Å². The van der Waals surface area contributed by atoms with Crippen molar-refractivity contribution in [3.05, 3.63) is 35.4 Å². The van der Waals surface area contributed by atoms with Crippen molar-refractivity contribution in [2.75, 3.05) is 13.2 Å². The lowest BCUT2D eigenvalue weighted by atomic mass is 10.1. The van der Waals surface area contributed by atoms with Crippen molar-refractivity contribution in [1.29, 1.82) is 0 Å². The van der Waals surface area contributed by atoms with Crippen molar-refractivity contribution in [2.24, 2.45) is 0 Å². The van der Waals surface area contributed by atoms with Gasteiger partial charge in [0.15, 0.2) is 0 Å². The Hall–Kier alpha value is -1.92. The minimum absolute atomic E-state index is 0.260. The molecule has 0 spiro atoms. The van der Waals surface area contributed by atoms with Gasteiger partial charge in [0.2, 0.25) is 0 Å². The fourth-order valence-electron chi connectivity index (χ4n) is 3.04. The van der Waals surface area contributed by atoms with Gasteiger partial charge in [-0.05, 0) is 62.8 Å². The Morgan fingerprint density at radius 2 is 1.03 bits per heavy atom. The van der Waals surface area contributed by atoms with Crippen molar-refractivity contribution >= 4 is 11.9 Å². The molecule has 0 aliphatic carbocycles. The average Bonchev–Trinajstić information content (AvgIpc) is 2.76. The summed E-state index contributed by atoms with van der Waals surface area (Å²) in [4.78, 5) is 24.1. The number of hydrogen-bond donors (Lipinski definition) is 2. The lowest BCUT2D eigenvalue weighted by Crippen LogP contribution is -2.12. The van der Waals surface area contributed by atoms with E-state index in [-0.39, 0.29) is 25.4 Å². The first kappa shape index (κ1) is 26.1. The molecule has 30 heavy (non-hydrogen) atoms. The highest BCUT2D eigenvalue weighted by Gasteiger charge is 2.12. The van der Waals surface area contributed by atoms with Gasteiger partial charge in [-0.25, -0.2) is 9.59 Å². The van der Waals surface area contributed by atoms with Crippen LogP contribution in [0.5, 0.6) is 0 Å². The lowest BCUT2D eigenvalue weighted by Gasteiger charge is -2.10. The first-order valence-corrected chi connectivity index (χ1v) is 11.3. The highest BCUT2D eigenvalue weighted by molar-refractivity contribution is 5.93. The van der Waals surface area contributed by atoms with Crippen LogP contribution in [0.3, 0.4) is 0 Å². The van der Waals surface area contributed by atoms with E-state index in [1.807, 2.05) is 0 Å². The molecule has 0 aromatic heterocycles. The highest BCUT2D eigenvalue weighted by Crippen LogP contribution is 2.11. The Bertz CT molecular complexity index is 545. The lowest BCUT2D eigenvalue weighted by molar-refractivity contribution is 0.0461. The first-order valence-electron chi connectivity index (χ1n) is 11.3. The van der Waals surface area contributed by atoms with Gasteiger partial charge in [-0.1, -0.05) is 39.5 Å². The number of unbranched alkanes of at least 4 members (excludes halogenated alkanes) is 2. The summed E-state index contributed by atoms with van der Waals surface area (Å²) < 4.78 is 10.4. The number of carbonyl (C=O) groups is 2. The molecule has 0 aliphatic heterocycles. The monoisotopic (exact) mass is 422 g/mol. The molecular weight excluding hydrogens is 384 g/mol. The average molecular weight is 423 g/mol. The highest BCUT2D eigenvalue weighted by atomic mass is 16.5. The molecule has 0 aliphatic rings. The molecular formula is C24H38O6. The van der Waals surface area contributed by atoms with Gasteiger partial charge in [0, 0.05) is 0 Å². The Labute approximate surface area is 180 Å². The maximum absolute atomic E-state index is 12.1. The number of rotatable bonds is 16. The van der Waals surface area contributed by atoms with Crippen molar-refractivity contribution in [3.8, 4) is 0 Å². The second-order valence-electron chi connectivity index (χ2n) is 7.73. The van der Waals surface area contributed by atoms with E-state index in [2.05, 4.69) is 13.8 Å². The van der Waals surface area contributed by atoms with Crippen LogP contribution in [-0.4, -0.2) is 47.6 Å². The van der Waals surface area contributed by atoms with Crippen LogP contribution < -0.4 is 0 Å². The summed E-state index contributed by atoms with van der Waals surface area (Å²) >= 11 is 0. The van der Waals surface area contributed by atoms with Gasteiger partial charge < -0.3 is 19.7 Å². The first-order chi connectivity index (χ1) is 14.5. The standard InChI is InChI=1S/C24H38O6/c1-3-5-9-21(25)11-7-17-29-23(27)19-13-15-20(16-14-19)24(28)30-18-8-12-22(26)10-6-4-2/h13-16,21-22,25-26H,3-12,17-18H2,1-2H3. The van der Waals surface area contributed by atoms with Gasteiger partial charge in [0.25, 0.3) is 0 Å². The summed E-state index contributed by atoms with van der Waals surface area (Å²) in [5.74, 6) is -0.891. The van der Waals surface area contributed by atoms with Crippen molar-refractivity contribution < 1.29 is 29.3 Å². The quantitative estimate of drug-likeness (QED) is 0.297. The molecule has 6 nitrogen and oxygen atoms in total. The number of aliphatic hydroxyl groups excluding tert-OH is 2. The van der Waals surface area contributed by atoms with Crippen LogP contribution in [0, 0.1) is 0 Å². The summed E-state index contributed by atoms with van der Waals surface area (Å²) in [6, 6.07) is 6.18.